The van der Waals surface area contributed by atoms with Crippen LogP contribution in [-0.2, 0) is 4.79 Å². The molecule has 0 radical (unpaired) electrons. The van der Waals surface area contributed by atoms with E-state index in [9.17, 15) is 20.1 Å². The molecule has 268 valence electrons. The number of aliphatic hydroxyl groups is 3. The third-order valence-electron chi connectivity index (χ3n) is 9.35. The molecular weight excluding hydrogens is 558 g/mol. The molecule has 0 aromatic rings. The third kappa shape index (κ3) is 32.8. The van der Waals surface area contributed by atoms with Crippen molar-refractivity contribution < 1.29 is 20.1 Å². The molecule has 0 aromatic carbocycles. The fourth-order valence-corrected chi connectivity index (χ4v) is 6.20. The van der Waals surface area contributed by atoms with Crippen LogP contribution in [0.4, 0.5) is 0 Å². The van der Waals surface area contributed by atoms with Crippen molar-refractivity contribution in [1.82, 2.24) is 5.32 Å². The number of carbonyl (C=O) groups is 1. The summed E-state index contributed by atoms with van der Waals surface area (Å²) in [6, 6.07) is -0.737. The number of aliphatic hydroxyl groups excluding tert-OH is 3. The SMILES string of the molecule is CCCCCCCCCCCCCCCCCCCCCC(=O)N[C@@H](CO)[C@H](O)/C=C/[C@H](O)CCCCCCCCCCCC. The molecule has 1 amide bonds. The van der Waals surface area contributed by atoms with Gasteiger partial charge in [-0.3, -0.25) is 4.79 Å². The van der Waals surface area contributed by atoms with Crippen molar-refractivity contribution in [3.8, 4) is 0 Å². The van der Waals surface area contributed by atoms with E-state index >= 15 is 0 Å². The number of amides is 1. The van der Waals surface area contributed by atoms with Crippen molar-refractivity contribution in [1.29, 1.82) is 0 Å². The Hall–Kier alpha value is -0.910. The van der Waals surface area contributed by atoms with Crippen LogP contribution in [0.5, 0.6) is 0 Å². The molecule has 0 unspecified atom stereocenters. The van der Waals surface area contributed by atoms with Gasteiger partial charge in [-0.15, -0.1) is 0 Å². The maximum atomic E-state index is 12.3. The Bertz CT molecular complexity index is 625. The molecule has 5 nitrogen and oxygen atoms in total. The summed E-state index contributed by atoms with van der Waals surface area (Å²) in [6.45, 7) is 4.20. The molecular formula is C40H79NO4. The summed E-state index contributed by atoms with van der Waals surface area (Å²) in [4.78, 5) is 12.3. The monoisotopic (exact) mass is 638 g/mol. The van der Waals surface area contributed by atoms with E-state index in [0.717, 1.165) is 32.1 Å². The molecule has 45 heavy (non-hydrogen) atoms. The van der Waals surface area contributed by atoms with Crippen LogP contribution in [0, 0.1) is 0 Å². The van der Waals surface area contributed by atoms with Gasteiger partial charge in [0, 0.05) is 6.42 Å². The number of hydrogen-bond donors (Lipinski definition) is 4. The van der Waals surface area contributed by atoms with Crippen LogP contribution >= 0.6 is 0 Å². The number of rotatable bonds is 36. The van der Waals surface area contributed by atoms with E-state index in [1.165, 1.54) is 160 Å². The molecule has 4 N–H and O–H groups in total. The average molecular weight is 638 g/mol. The quantitative estimate of drug-likeness (QED) is 0.0406. The Morgan fingerprint density at radius 3 is 1.20 bits per heavy atom. The Morgan fingerprint density at radius 2 is 0.844 bits per heavy atom. The fourth-order valence-electron chi connectivity index (χ4n) is 6.20. The molecule has 0 aromatic heterocycles. The second-order valence-electron chi connectivity index (χ2n) is 13.9. The standard InChI is InChI=1S/C40H79NO4/c1-3-5-7-9-11-13-15-16-17-18-19-20-21-22-23-25-27-29-31-33-40(45)41-38(36-42)39(44)35-34-37(43)32-30-28-26-24-14-12-10-8-6-4-2/h34-35,37-39,42-44H,3-33,36H2,1-2H3,(H,41,45)/b35-34+/t37-,38+,39-/m1/s1. The first-order valence-electron chi connectivity index (χ1n) is 20.0. The molecule has 0 saturated carbocycles. The van der Waals surface area contributed by atoms with Gasteiger partial charge >= 0.3 is 0 Å². The third-order valence-corrected chi connectivity index (χ3v) is 9.35. The highest BCUT2D eigenvalue weighted by molar-refractivity contribution is 5.76. The van der Waals surface area contributed by atoms with Crippen LogP contribution in [0.15, 0.2) is 12.2 Å². The van der Waals surface area contributed by atoms with Crippen molar-refractivity contribution in [2.24, 2.45) is 0 Å². The molecule has 0 aliphatic rings. The van der Waals surface area contributed by atoms with Crippen LogP contribution in [-0.4, -0.2) is 46.1 Å². The first kappa shape index (κ1) is 44.1. The first-order valence-corrected chi connectivity index (χ1v) is 20.0. The molecule has 0 rings (SSSR count). The van der Waals surface area contributed by atoms with Gasteiger partial charge < -0.3 is 20.6 Å². The van der Waals surface area contributed by atoms with Crippen LogP contribution in [0.3, 0.4) is 0 Å². The van der Waals surface area contributed by atoms with E-state index in [1.54, 1.807) is 6.08 Å². The van der Waals surface area contributed by atoms with E-state index in [0.29, 0.717) is 12.8 Å². The van der Waals surface area contributed by atoms with Crippen LogP contribution in [0.1, 0.15) is 213 Å². The van der Waals surface area contributed by atoms with Gasteiger partial charge in [-0.05, 0) is 12.8 Å². The topological polar surface area (TPSA) is 89.8 Å². The largest absolute Gasteiger partial charge is 0.394 e. The van der Waals surface area contributed by atoms with Gasteiger partial charge in [0.1, 0.15) is 0 Å². The zero-order chi connectivity index (χ0) is 33.1. The van der Waals surface area contributed by atoms with Gasteiger partial charge in [-0.25, -0.2) is 0 Å². The first-order chi connectivity index (χ1) is 22.0. The normalized spacial score (nSPS) is 13.8. The number of nitrogens with one attached hydrogen (secondary N) is 1. The minimum atomic E-state index is -1.01. The molecule has 0 aliphatic heterocycles. The van der Waals surface area contributed by atoms with Gasteiger partial charge in [-0.2, -0.15) is 0 Å². The lowest BCUT2D eigenvalue weighted by molar-refractivity contribution is -0.123. The average Bonchev–Trinajstić information content (AvgIpc) is 3.04. The van der Waals surface area contributed by atoms with Crippen molar-refractivity contribution in [2.75, 3.05) is 6.61 Å². The minimum absolute atomic E-state index is 0.126. The predicted molar refractivity (Wildman–Crippen MR) is 195 cm³/mol. The second-order valence-corrected chi connectivity index (χ2v) is 13.9. The lowest BCUT2D eigenvalue weighted by Gasteiger charge is -2.20. The van der Waals surface area contributed by atoms with Crippen molar-refractivity contribution >= 4 is 5.91 Å². The molecule has 0 fully saturated rings. The summed E-state index contributed by atoms with van der Waals surface area (Å²) in [7, 11) is 0. The van der Waals surface area contributed by atoms with Gasteiger partial charge in [0.05, 0.1) is 24.9 Å². The fraction of sp³-hybridized carbons (Fsp3) is 0.925. The number of hydrogen-bond acceptors (Lipinski definition) is 4. The highest BCUT2D eigenvalue weighted by atomic mass is 16.3. The van der Waals surface area contributed by atoms with E-state index < -0.39 is 18.2 Å². The maximum Gasteiger partial charge on any atom is 0.220 e. The molecule has 5 heteroatoms. The molecule has 0 spiro atoms. The minimum Gasteiger partial charge on any atom is -0.394 e. The zero-order valence-corrected chi connectivity index (χ0v) is 30.3. The summed E-state index contributed by atoms with van der Waals surface area (Å²) in [6.07, 6.45) is 40.4. The Morgan fingerprint density at radius 1 is 0.511 bits per heavy atom. The van der Waals surface area contributed by atoms with Crippen LogP contribution in [0.25, 0.3) is 0 Å². The van der Waals surface area contributed by atoms with E-state index in [1.807, 2.05) is 0 Å². The molecule has 0 aliphatic carbocycles. The predicted octanol–water partition coefficient (Wildman–Crippen LogP) is 10.9. The van der Waals surface area contributed by atoms with E-state index in [-0.39, 0.29) is 12.5 Å². The highest BCUT2D eigenvalue weighted by Gasteiger charge is 2.18. The highest BCUT2D eigenvalue weighted by Crippen LogP contribution is 2.16. The maximum absolute atomic E-state index is 12.3. The van der Waals surface area contributed by atoms with E-state index in [2.05, 4.69) is 19.2 Å². The zero-order valence-electron chi connectivity index (χ0n) is 30.3. The Balaban J connectivity index is 3.64. The number of unbranched alkanes of at least 4 members (excludes halogenated alkanes) is 27. The summed E-state index contributed by atoms with van der Waals surface area (Å²) in [5, 5.41) is 33.1. The van der Waals surface area contributed by atoms with Crippen LogP contribution in [0.2, 0.25) is 0 Å². The molecule has 0 heterocycles. The van der Waals surface area contributed by atoms with Crippen molar-refractivity contribution in [3.05, 3.63) is 12.2 Å². The lowest BCUT2D eigenvalue weighted by atomic mass is 10.0. The summed E-state index contributed by atoms with van der Waals surface area (Å²) in [5.74, 6) is -0.126. The smallest absolute Gasteiger partial charge is 0.220 e. The second kappa shape index (κ2) is 35.9. The van der Waals surface area contributed by atoms with Crippen molar-refractivity contribution in [3.63, 3.8) is 0 Å². The Kier molecular flexibility index (Phi) is 35.2. The van der Waals surface area contributed by atoms with Gasteiger partial charge in [-0.1, -0.05) is 206 Å². The van der Waals surface area contributed by atoms with Crippen molar-refractivity contribution in [2.45, 2.75) is 231 Å². The van der Waals surface area contributed by atoms with Gasteiger partial charge in [0.25, 0.3) is 0 Å². The summed E-state index contributed by atoms with van der Waals surface area (Å²) in [5.41, 5.74) is 0. The van der Waals surface area contributed by atoms with Crippen LogP contribution < -0.4 is 5.32 Å². The molecule has 0 saturated heterocycles. The van der Waals surface area contributed by atoms with Gasteiger partial charge in [0.2, 0.25) is 5.91 Å². The lowest BCUT2D eigenvalue weighted by Crippen LogP contribution is -2.45. The summed E-state index contributed by atoms with van der Waals surface area (Å²) < 4.78 is 0. The van der Waals surface area contributed by atoms with Gasteiger partial charge in [0.15, 0.2) is 0 Å². The molecule has 3 atom stereocenters. The number of carbonyl (C=O) groups excluding carboxylic acids is 1. The Labute approximate surface area is 280 Å². The van der Waals surface area contributed by atoms with E-state index in [4.69, 9.17) is 0 Å². The summed E-state index contributed by atoms with van der Waals surface area (Å²) >= 11 is 0. The molecule has 0 bridgehead atoms.